The van der Waals surface area contributed by atoms with Gasteiger partial charge in [0.2, 0.25) is 0 Å². The lowest BCUT2D eigenvalue weighted by Crippen LogP contribution is -2.29. The van der Waals surface area contributed by atoms with Gasteiger partial charge in [-0.2, -0.15) is 13.2 Å². The van der Waals surface area contributed by atoms with Crippen LogP contribution in [-0.4, -0.2) is 18.0 Å². The van der Waals surface area contributed by atoms with E-state index in [1.165, 1.54) is 17.0 Å². The fraction of sp³-hybridized carbons (Fsp3) is 0.231. The predicted molar refractivity (Wildman–Crippen MR) is 122 cm³/mol. The number of carbonyl (C=O) groups is 1. The molecule has 10 heteroatoms. The Morgan fingerprint density at radius 2 is 1.58 bits per heavy atom. The van der Waals surface area contributed by atoms with E-state index in [1.807, 2.05) is 30.3 Å². The Balaban J connectivity index is 1.73. The SMILES string of the molecule is C[C@@H](N=C1C[C@@H](c2cccc(OC(F)(F)F)c2)N(c2ccc(C(F)(F)F)cc2)C1=O)c1ccccc1. The minimum Gasteiger partial charge on any atom is -0.406 e. The summed E-state index contributed by atoms with van der Waals surface area (Å²) in [6.07, 6.45) is -9.42. The summed E-state index contributed by atoms with van der Waals surface area (Å²) in [5, 5.41) is 0. The molecule has 1 fully saturated rings. The Labute approximate surface area is 202 Å². The van der Waals surface area contributed by atoms with Gasteiger partial charge in [0, 0.05) is 12.1 Å². The first kappa shape index (κ1) is 25.3. The minimum absolute atomic E-state index is 0.0481. The second-order valence-electron chi connectivity index (χ2n) is 8.22. The maximum atomic E-state index is 13.4. The van der Waals surface area contributed by atoms with Crippen LogP contribution in [0.4, 0.5) is 32.0 Å². The minimum atomic E-state index is -4.91. The van der Waals surface area contributed by atoms with E-state index in [2.05, 4.69) is 9.73 Å². The molecule has 1 amide bonds. The van der Waals surface area contributed by atoms with Crippen LogP contribution in [0.2, 0.25) is 0 Å². The van der Waals surface area contributed by atoms with Gasteiger partial charge < -0.3 is 4.74 Å². The summed E-state index contributed by atoms with van der Waals surface area (Å²) in [7, 11) is 0. The third-order valence-corrected chi connectivity index (χ3v) is 5.74. The van der Waals surface area contributed by atoms with Crippen LogP contribution in [0.25, 0.3) is 0 Å². The second kappa shape index (κ2) is 9.67. The number of rotatable bonds is 5. The zero-order valence-electron chi connectivity index (χ0n) is 18.8. The Bertz CT molecular complexity index is 1250. The van der Waals surface area contributed by atoms with Crippen molar-refractivity contribution in [2.24, 2.45) is 4.99 Å². The number of amides is 1. The fourth-order valence-electron chi connectivity index (χ4n) is 4.08. The van der Waals surface area contributed by atoms with E-state index >= 15 is 0 Å². The number of ether oxygens (including phenoxy) is 1. The van der Waals surface area contributed by atoms with Gasteiger partial charge in [0.15, 0.2) is 0 Å². The number of benzene rings is 3. The van der Waals surface area contributed by atoms with Crippen molar-refractivity contribution in [2.45, 2.75) is 38.0 Å². The van der Waals surface area contributed by atoms with E-state index in [9.17, 15) is 31.1 Å². The molecule has 0 spiro atoms. The smallest absolute Gasteiger partial charge is 0.406 e. The van der Waals surface area contributed by atoms with E-state index in [0.717, 1.165) is 42.0 Å². The molecule has 0 aromatic heterocycles. The summed E-state index contributed by atoms with van der Waals surface area (Å²) >= 11 is 0. The van der Waals surface area contributed by atoms with E-state index in [0.29, 0.717) is 5.56 Å². The van der Waals surface area contributed by atoms with Gasteiger partial charge in [-0.05, 0) is 54.4 Å². The number of nitrogens with zero attached hydrogens (tertiary/aromatic N) is 2. The molecule has 188 valence electrons. The van der Waals surface area contributed by atoms with Crippen LogP contribution in [0.3, 0.4) is 0 Å². The number of hydrogen-bond acceptors (Lipinski definition) is 3. The number of aliphatic imine (C=N–C) groups is 1. The molecular weight excluding hydrogens is 486 g/mol. The number of alkyl halides is 6. The molecule has 36 heavy (non-hydrogen) atoms. The van der Waals surface area contributed by atoms with Crippen molar-refractivity contribution in [1.82, 2.24) is 0 Å². The van der Waals surface area contributed by atoms with Crippen LogP contribution in [0.15, 0.2) is 83.9 Å². The Morgan fingerprint density at radius 3 is 2.19 bits per heavy atom. The normalized spacial score (nSPS) is 18.5. The predicted octanol–water partition coefficient (Wildman–Crippen LogP) is 7.28. The first-order valence-electron chi connectivity index (χ1n) is 10.9. The molecule has 3 aromatic carbocycles. The molecule has 1 saturated heterocycles. The zero-order valence-corrected chi connectivity index (χ0v) is 18.8. The maximum absolute atomic E-state index is 13.4. The third kappa shape index (κ3) is 5.69. The number of carbonyl (C=O) groups excluding carboxylic acids is 1. The standard InChI is InChI=1S/C26H20F6N2O2/c1-16(17-6-3-2-4-7-17)33-22-15-23(18-8-5-9-21(14-18)36-26(30,31)32)34(24(22)35)20-12-10-19(11-13-20)25(27,28)29/h2-14,16,23H,15H2,1H3/t16-,23+/m1/s1. The molecule has 0 bridgehead atoms. The highest BCUT2D eigenvalue weighted by Gasteiger charge is 2.40. The quantitative estimate of drug-likeness (QED) is 0.341. The van der Waals surface area contributed by atoms with Crippen molar-refractivity contribution in [3.8, 4) is 5.75 Å². The van der Waals surface area contributed by atoms with Crippen LogP contribution < -0.4 is 9.64 Å². The zero-order chi connectivity index (χ0) is 26.1. The molecule has 0 unspecified atom stereocenters. The monoisotopic (exact) mass is 506 g/mol. The van der Waals surface area contributed by atoms with Crippen molar-refractivity contribution in [2.75, 3.05) is 4.90 Å². The summed E-state index contributed by atoms with van der Waals surface area (Å²) < 4.78 is 81.5. The lowest BCUT2D eigenvalue weighted by molar-refractivity contribution is -0.274. The van der Waals surface area contributed by atoms with Gasteiger partial charge in [-0.1, -0.05) is 42.5 Å². The molecule has 1 aliphatic heterocycles. The molecule has 4 nitrogen and oxygen atoms in total. The average molecular weight is 506 g/mol. The summed E-state index contributed by atoms with van der Waals surface area (Å²) in [5.74, 6) is -1.01. The highest BCUT2D eigenvalue weighted by Crippen LogP contribution is 2.39. The molecule has 0 radical (unpaired) electrons. The van der Waals surface area contributed by atoms with E-state index in [-0.39, 0.29) is 17.8 Å². The van der Waals surface area contributed by atoms with Gasteiger partial charge in [0.05, 0.1) is 17.6 Å². The van der Waals surface area contributed by atoms with Crippen molar-refractivity contribution < 1.29 is 35.9 Å². The Hall–Kier alpha value is -3.82. The number of halogens is 6. The molecule has 2 atom stereocenters. The fourth-order valence-corrected chi connectivity index (χ4v) is 4.08. The summed E-state index contributed by atoms with van der Waals surface area (Å²) in [6, 6.07) is 17.2. The van der Waals surface area contributed by atoms with Crippen LogP contribution in [0.1, 0.15) is 42.1 Å². The van der Waals surface area contributed by atoms with Crippen molar-refractivity contribution in [3.63, 3.8) is 0 Å². The molecule has 0 N–H and O–H groups in total. The molecule has 3 aromatic rings. The lowest BCUT2D eigenvalue weighted by Gasteiger charge is -2.25. The average Bonchev–Trinajstić information content (AvgIpc) is 3.14. The second-order valence-corrected chi connectivity index (χ2v) is 8.22. The van der Waals surface area contributed by atoms with Gasteiger partial charge in [0.1, 0.15) is 11.5 Å². The highest BCUT2D eigenvalue weighted by molar-refractivity contribution is 6.46. The maximum Gasteiger partial charge on any atom is 0.573 e. The van der Waals surface area contributed by atoms with Crippen molar-refractivity contribution >= 4 is 17.3 Å². The van der Waals surface area contributed by atoms with Gasteiger partial charge in [0.25, 0.3) is 5.91 Å². The lowest BCUT2D eigenvalue weighted by atomic mass is 10.0. The Morgan fingerprint density at radius 1 is 0.917 bits per heavy atom. The van der Waals surface area contributed by atoms with Gasteiger partial charge in [-0.25, -0.2) is 0 Å². The first-order chi connectivity index (χ1) is 16.9. The van der Waals surface area contributed by atoms with Crippen LogP contribution in [-0.2, 0) is 11.0 Å². The van der Waals surface area contributed by atoms with E-state index in [1.54, 1.807) is 6.92 Å². The Kier molecular flexibility index (Phi) is 6.79. The third-order valence-electron chi connectivity index (χ3n) is 5.74. The van der Waals surface area contributed by atoms with Crippen molar-refractivity contribution in [1.29, 1.82) is 0 Å². The first-order valence-corrected chi connectivity index (χ1v) is 10.9. The highest BCUT2D eigenvalue weighted by atomic mass is 19.4. The van der Waals surface area contributed by atoms with Gasteiger partial charge in [-0.3, -0.25) is 14.7 Å². The van der Waals surface area contributed by atoms with Crippen LogP contribution >= 0.6 is 0 Å². The molecule has 0 saturated carbocycles. The van der Waals surface area contributed by atoms with Crippen LogP contribution in [0, 0.1) is 0 Å². The number of anilines is 1. The largest absolute Gasteiger partial charge is 0.573 e. The summed E-state index contributed by atoms with van der Waals surface area (Å²) in [4.78, 5) is 19.2. The molecule has 4 rings (SSSR count). The summed E-state index contributed by atoms with van der Waals surface area (Å²) in [6.45, 7) is 1.79. The molecular formula is C26H20F6N2O2. The molecule has 1 heterocycles. The molecule has 0 aliphatic carbocycles. The van der Waals surface area contributed by atoms with E-state index < -0.39 is 41.8 Å². The number of hydrogen-bond donors (Lipinski definition) is 0. The molecule has 1 aliphatic rings. The topological polar surface area (TPSA) is 41.9 Å². The van der Waals surface area contributed by atoms with Gasteiger partial charge >= 0.3 is 12.5 Å². The van der Waals surface area contributed by atoms with E-state index in [4.69, 9.17) is 0 Å². The van der Waals surface area contributed by atoms with Crippen molar-refractivity contribution in [3.05, 3.63) is 95.6 Å². The summed E-state index contributed by atoms with van der Waals surface area (Å²) in [5.41, 5.74) is 0.614. The van der Waals surface area contributed by atoms with Crippen LogP contribution in [0.5, 0.6) is 5.75 Å². The van der Waals surface area contributed by atoms with Gasteiger partial charge in [-0.15, -0.1) is 13.2 Å².